The molecule has 0 bridgehead atoms. The van der Waals surface area contributed by atoms with E-state index in [2.05, 4.69) is 13.8 Å². The van der Waals surface area contributed by atoms with Crippen molar-refractivity contribution < 1.29 is 13.2 Å². The predicted molar refractivity (Wildman–Crippen MR) is 101 cm³/mol. The van der Waals surface area contributed by atoms with Crippen LogP contribution in [0.25, 0.3) is 0 Å². The highest BCUT2D eigenvalue weighted by atomic mass is 33.1. The van der Waals surface area contributed by atoms with Gasteiger partial charge in [-0.1, -0.05) is 93.7 Å². The van der Waals surface area contributed by atoms with Crippen molar-refractivity contribution in [3.63, 3.8) is 0 Å². The second kappa shape index (κ2) is 14.8. The van der Waals surface area contributed by atoms with Crippen molar-refractivity contribution in [1.29, 1.82) is 0 Å². The minimum atomic E-state index is -4.04. The van der Waals surface area contributed by atoms with Crippen LogP contribution < -0.4 is 0 Å². The van der Waals surface area contributed by atoms with Gasteiger partial charge < -0.3 is 0 Å². The smallest absolute Gasteiger partial charge is 0.171 e. The van der Waals surface area contributed by atoms with Crippen molar-refractivity contribution in [1.82, 2.24) is 0 Å². The molecule has 1 unspecified atom stereocenters. The summed E-state index contributed by atoms with van der Waals surface area (Å²) in [4.78, 5) is 0. The Balaban J connectivity index is 4.59. The van der Waals surface area contributed by atoms with Crippen molar-refractivity contribution in [3.05, 3.63) is 0 Å². The molecule has 23 heavy (non-hydrogen) atoms. The second-order valence-corrected chi connectivity index (χ2v) is 9.21. The van der Waals surface area contributed by atoms with Gasteiger partial charge in [-0.25, -0.2) is 0 Å². The van der Waals surface area contributed by atoms with Gasteiger partial charge in [-0.3, -0.25) is 0 Å². The Bertz CT molecular complexity index is 245. The summed E-state index contributed by atoms with van der Waals surface area (Å²) in [6, 6.07) is 0. The fourth-order valence-corrected chi connectivity index (χ4v) is 5.45. The van der Waals surface area contributed by atoms with Gasteiger partial charge in [-0.05, 0) is 18.8 Å². The average molecular weight is 373 g/mol. The first-order valence-corrected chi connectivity index (χ1v) is 11.7. The summed E-state index contributed by atoms with van der Waals surface area (Å²) >= 11 is 0. The highest BCUT2D eigenvalue weighted by Crippen LogP contribution is 2.41. The second-order valence-electron chi connectivity index (χ2n) is 6.32. The predicted octanol–water partition coefficient (Wildman–Crippen LogP) is 8.27. The highest BCUT2D eigenvalue weighted by molar-refractivity contribution is 8.76. The maximum Gasteiger partial charge on any atom is 0.390 e. The summed E-state index contributed by atoms with van der Waals surface area (Å²) in [6.07, 6.45) is 6.48. The molecule has 0 aromatic carbocycles. The zero-order valence-corrected chi connectivity index (χ0v) is 16.7. The molecule has 0 nitrogen and oxygen atoms in total. The molecule has 0 heterocycles. The van der Waals surface area contributed by atoms with Gasteiger partial charge in [0.2, 0.25) is 0 Å². The Morgan fingerprint density at radius 2 is 1.30 bits per heavy atom. The first-order valence-electron chi connectivity index (χ1n) is 9.29. The first kappa shape index (κ1) is 23.5. The van der Waals surface area contributed by atoms with E-state index in [9.17, 15) is 13.2 Å². The summed E-state index contributed by atoms with van der Waals surface area (Å²) in [6.45, 7) is 6.35. The van der Waals surface area contributed by atoms with Crippen LogP contribution in [0, 0.1) is 5.92 Å². The van der Waals surface area contributed by atoms with E-state index < -0.39 is 12.6 Å². The zero-order valence-electron chi connectivity index (χ0n) is 15.1. The fraction of sp³-hybridized carbons (Fsp3) is 1.00. The quantitative estimate of drug-likeness (QED) is 0.209. The van der Waals surface area contributed by atoms with Gasteiger partial charge in [0.25, 0.3) is 0 Å². The van der Waals surface area contributed by atoms with Gasteiger partial charge in [0.1, 0.15) is 0 Å². The Labute approximate surface area is 149 Å². The molecule has 0 spiro atoms. The van der Waals surface area contributed by atoms with Crippen LogP contribution in [0.2, 0.25) is 0 Å². The van der Waals surface area contributed by atoms with Crippen LogP contribution in [0.4, 0.5) is 13.2 Å². The minimum Gasteiger partial charge on any atom is -0.171 e. The van der Waals surface area contributed by atoms with Gasteiger partial charge in [0.15, 0.2) is 0 Å². The van der Waals surface area contributed by atoms with E-state index in [0.717, 1.165) is 44.3 Å². The largest absolute Gasteiger partial charge is 0.390 e. The molecule has 0 aromatic rings. The molecule has 0 saturated heterocycles. The number of alkyl halides is 3. The molecule has 0 amide bonds. The molecule has 0 saturated carbocycles. The van der Waals surface area contributed by atoms with Crippen molar-refractivity contribution >= 4 is 21.6 Å². The monoisotopic (exact) mass is 372 g/mol. The maximum absolute atomic E-state index is 13.0. The number of halogens is 3. The molecule has 0 aliphatic carbocycles. The molecule has 5 heteroatoms. The number of rotatable bonds is 15. The van der Waals surface area contributed by atoms with Crippen LogP contribution in [0.1, 0.15) is 91.4 Å². The average Bonchev–Trinajstić information content (AvgIpc) is 2.49. The Morgan fingerprint density at radius 1 is 0.783 bits per heavy atom. The van der Waals surface area contributed by atoms with Crippen LogP contribution >= 0.6 is 21.6 Å². The summed E-state index contributed by atoms with van der Waals surface area (Å²) in [5.74, 6) is 1.09. The third kappa shape index (κ3) is 14.5. The number of unbranched alkanes of at least 4 members (excludes halogenated alkanes) is 6. The van der Waals surface area contributed by atoms with Crippen LogP contribution in [-0.4, -0.2) is 17.2 Å². The van der Waals surface area contributed by atoms with Gasteiger partial charge in [0, 0.05) is 11.0 Å². The summed E-state index contributed by atoms with van der Waals surface area (Å²) in [7, 11) is 3.07. The number of hydrogen-bond acceptors (Lipinski definition) is 2. The molecule has 0 aromatic heterocycles. The normalized spacial score (nSPS) is 13.7. The zero-order chi connectivity index (χ0) is 17.6. The Hall–Kier alpha value is 0.490. The Kier molecular flexibility index (Phi) is 15.1. The summed E-state index contributed by atoms with van der Waals surface area (Å²) < 4.78 is 38.9. The van der Waals surface area contributed by atoms with Gasteiger partial charge in [-0.2, -0.15) is 13.2 Å². The maximum atomic E-state index is 13.0. The molecule has 0 aliphatic heterocycles. The van der Waals surface area contributed by atoms with Crippen LogP contribution in [0.3, 0.4) is 0 Å². The minimum absolute atomic E-state index is 0.217. The van der Waals surface area contributed by atoms with Gasteiger partial charge in [-0.15, -0.1) is 0 Å². The molecule has 0 aliphatic rings. The fourth-order valence-electron chi connectivity index (χ4n) is 2.85. The first-order chi connectivity index (χ1) is 10.9. The lowest BCUT2D eigenvalue weighted by molar-refractivity contribution is -0.136. The van der Waals surface area contributed by atoms with Crippen LogP contribution in [0.15, 0.2) is 0 Å². The topological polar surface area (TPSA) is 0 Å². The molecular weight excluding hydrogens is 337 g/mol. The van der Waals surface area contributed by atoms with Crippen LogP contribution in [0.5, 0.6) is 0 Å². The van der Waals surface area contributed by atoms with Crippen molar-refractivity contribution in [2.45, 2.75) is 103 Å². The van der Waals surface area contributed by atoms with E-state index in [1.807, 2.05) is 6.92 Å². The lowest BCUT2D eigenvalue weighted by atomic mass is 9.90. The molecule has 140 valence electrons. The molecule has 1 atom stereocenters. The molecular formula is C18H35F3S2. The molecule has 0 radical (unpaired) electrons. The van der Waals surface area contributed by atoms with Crippen molar-refractivity contribution in [2.75, 3.05) is 5.75 Å². The molecule has 0 N–H and O–H groups in total. The highest BCUT2D eigenvalue weighted by Gasteiger charge is 2.35. The van der Waals surface area contributed by atoms with Gasteiger partial charge >= 0.3 is 6.18 Å². The van der Waals surface area contributed by atoms with E-state index in [-0.39, 0.29) is 11.2 Å². The standard InChI is InChI=1S/C18H35F3S2/c1-4-7-9-11-13-16(14-12-10-8-5-2)17(23-22-6-3)15-18(19,20)21/h16-17H,4-15H2,1-3H3. The van der Waals surface area contributed by atoms with E-state index in [4.69, 9.17) is 0 Å². The molecule has 0 rings (SSSR count). The third-order valence-electron chi connectivity index (χ3n) is 4.12. The SMILES string of the molecule is CCCCCCC(CCCCCC)C(CC(F)(F)F)SSCC. The lowest BCUT2D eigenvalue weighted by Gasteiger charge is -2.27. The summed E-state index contributed by atoms with van der Waals surface area (Å²) in [5, 5.41) is -0.275. The third-order valence-corrected chi connectivity index (χ3v) is 7.15. The van der Waals surface area contributed by atoms with E-state index >= 15 is 0 Å². The van der Waals surface area contributed by atoms with E-state index in [1.165, 1.54) is 36.5 Å². The van der Waals surface area contributed by atoms with E-state index in [0.29, 0.717) is 0 Å². The number of hydrogen-bond donors (Lipinski definition) is 0. The van der Waals surface area contributed by atoms with Crippen molar-refractivity contribution in [2.24, 2.45) is 5.92 Å². The Morgan fingerprint density at radius 3 is 1.70 bits per heavy atom. The van der Waals surface area contributed by atoms with E-state index in [1.54, 1.807) is 10.8 Å². The van der Waals surface area contributed by atoms with Crippen molar-refractivity contribution in [3.8, 4) is 0 Å². The van der Waals surface area contributed by atoms with Gasteiger partial charge in [0.05, 0.1) is 6.42 Å². The van der Waals surface area contributed by atoms with Crippen LogP contribution in [-0.2, 0) is 0 Å². The summed E-state index contributed by atoms with van der Waals surface area (Å²) in [5.41, 5.74) is 0. The lowest BCUT2D eigenvalue weighted by Crippen LogP contribution is -2.24. The molecule has 0 fully saturated rings.